The number of rotatable bonds is 3. The van der Waals surface area contributed by atoms with Crippen LogP contribution < -0.4 is 0 Å². The highest BCUT2D eigenvalue weighted by Gasteiger charge is 2.20. The highest BCUT2D eigenvalue weighted by atomic mass is 35.5. The molecule has 2 aromatic heterocycles. The fourth-order valence-electron chi connectivity index (χ4n) is 1.53. The summed E-state index contributed by atoms with van der Waals surface area (Å²) in [7, 11) is 0. The molecule has 0 aliphatic heterocycles. The Labute approximate surface area is 118 Å². The summed E-state index contributed by atoms with van der Waals surface area (Å²) in [6.07, 6.45) is 0.984. The SMILES string of the molecule is CCc1ccsc1C(Cl)c1cc(Cl)sc1Cl. The molecule has 2 rings (SSSR count). The molecular weight excluding hydrogens is 303 g/mol. The van der Waals surface area contributed by atoms with Crippen LogP contribution in [-0.2, 0) is 6.42 Å². The van der Waals surface area contributed by atoms with Crippen molar-refractivity contribution in [2.45, 2.75) is 18.7 Å². The normalized spacial score (nSPS) is 13.0. The third-order valence-electron chi connectivity index (χ3n) is 2.35. The molecule has 0 fully saturated rings. The Hall–Kier alpha value is 0.270. The van der Waals surface area contributed by atoms with Gasteiger partial charge in [-0.25, -0.2) is 0 Å². The Balaban J connectivity index is 2.38. The van der Waals surface area contributed by atoms with Crippen LogP contribution in [0.25, 0.3) is 0 Å². The molecule has 0 radical (unpaired) electrons. The second-order valence-corrected chi connectivity index (χ2v) is 6.98. The van der Waals surface area contributed by atoms with E-state index in [4.69, 9.17) is 34.8 Å². The van der Waals surface area contributed by atoms with Crippen molar-refractivity contribution in [1.29, 1.82) is 0 Å². The van der Waals surface area contributed by atoms with Crippen molar-refractivity contribution in [1.82, 2.24) is 0 Å². The van der Waals surface area contributed by atoms with Gasteiger partial charge in [-0.3, -0.25) is 0 Å². The van der Waals surface area contributed by atoms with Gasteiger partial charge in [-0.1, -0.05) is 30.1 Å². The molecule has 1 unspecified atom stereocenters. The van der Waals surface area contributed by atoms with E-state index in [2.05, 4.69) is 18.4 Å². The molecule has 16 heavy (non-hydrogen) atoms. The first-order chi connectivity index (χ1) is 7.63. The molecule has 0 bridgehead atoms. The molecule has 5 heteroatoms. The van der Waals surface area contributed by atoms with Crippen LogP contribution in [0.5, 0.6) is 0 Å². The first kappa shape index (κ1) is 12.7. The van der Waals surface area contributed by atoms with Crippen molar-refractivity contribution in [3.05, 3.63) is 42.2 Å². The summed E-state index contributed by atoms with van der Waals surface area (Å²) < 4.78 is 1.36. The largest absolute Gasteiger partial charge is 0.147 e. The van der Waals surface area contributed by atoms with Gasteiger partial charge in [0.25, 0.3) is 0 Å². The molecule has 1 atom stereocenters. The van der Waals surface area contributed by atoms with Crippen molar-refractivity contribution in [2.24, 2.45) is 0 Å². The highest BCUT2D eigenvalue weighted by molar-refractivity contribution is 7.20. The van der Waals surface area contributed by atoms with Crippen molar-refractivity contribution in [2.75, 3.05) is 0 Å². The average molecular weight is 312 g/mol. The number of hydrogen-bond acceptors (Lipinski definition) is 2. The summed E-state index contributed by atoms with van der Waals surface area (Å²) in [4.78, 5) is 1.17. The van der Waals surface area contributed by atoms with E-state index in [9.17, 15) is 0 Å². The third-order valence-corrected chi connectivity index (χ3v) is 5.47. The Bertz CT molecular complexity index is 487. The van der Waals surface area contributed by atoms with Gasteiger partial charge in [0.15, 0.2) is 0 Å². The predicted molar refractivity (Wildman–Crippen MR) is 75.7 cm³/mol. The molecule has 0 saturated carbocycles. The van der Waals surface area contributed by atoms with Crippen LogP contribution in [-0.4, -0.2) is 0 Å². The second kappa shape index (κ2) is 5.28. The number of aryl methyl sites for hydroxylation is 1. The number of hydrogen-bond donors (Lipinski definition) is 0. The molecular formula is C11H9Cl3S2. The van der Waals surface area contributed by atoms with E-state index < -0.39 is 0 Å². The lowest BCUT2D eigenvalue weighted by Crippen LogP contribution is -1.92. The second-order valence-electron chi connectivity index (χ2n) is 3.31. The number of halogens is 3. The molecule has 0 saturated heterocycles. The van der Waals surface area contributed by atoms with Gasteiger partial charge in [0.2, 0.25) is 0 Å². The van der Waals surface area contributed by atoms with Crippen LogP contribution in [0.4, 0.5) is 0 Å². The summed E-state index contributed by atoms with van der Waals surface area (Å²) in [6.45, 7) is 2.12. The van der Waals surface area contributed by atoms with Gasteiger partial charge < -0.3 is 0 Å². The fraction of sp³-hybridized carbons (Fsp3) is 0.273. The maximum Gasteiger partial charge on any atom is 0.0994 e. The maximum atomic E-state index is 6.45. The highest BCUT2D eigenvalue weighted by Crippen LogP contribution is 2.43. The molecule has 0 spiro atoms. The van der Waals surface area contributed by atoms with Crippen LogP contribution >= 0.6 is 57.5 Å². The summed E-state index contributed by atoms with van der Waals surface area (Å²) in [5, 5.41) is 1.87. The van der Waals surface area contributed by atoms with Crippen molar-refractivity contribution in [3.8, 4) is 0 Å². The smallest absolute Gasteiger partial charge is 0.0994 e. The first-order valence-electron chi connectivity index (χ1n) is 4.78. The Morgan fingerprint density at radius 1 is 1.38 bits per heavy atom. The quantitative estimate of drug-likeness (QED) is 0.609. The first-order valence-corrected chi connectivity index (χ1v) is 7.67. The van der Waals surface area contributed by atoms with Gasteiger partial charge in [-0.05, 0) is 29.5 Å². The summed E-state index contributed by atoms with van der Waals surface area (Å²) in [5.74, 6) is 0. The van der Waals surface area contributed by atoms with E-state index in [0.29, 0.717) is 8.67 Å². The Morgan fingerprint density at radius 3 is 2.69 bits per heavy atom. The zero-order valence-corrected chi connectivity index (χ0v) is 12.4. The Kier molecular flexibility index (Phi) is 4.20. The topological polar surface area (TPSA) is 0 Å². The van der Waals surface area contributed by atoms with Gasteiger partial charge in [-0.15, -0.1) is 34.3 Å². The lowest BCUT2D eigenvalue weighted by Gasteiger charge is -2.08. The van der Waals surface area contributed by atoms with Crippen molar-refractivity contribution >= 4 is 57.5 Å². The number of thiophene rings is 2. The van der Waals surface area contributed by atoms with E-state index in [1.165, 1.54) is 21.8 Å². The van der Waals surface area contributed by atoms with E-state index >= 15 is 0 Å². The van der Waals surface area contributed by atoms with Crippen LogP contribution in [0, 0.1) is 0 Å². The third kappa shape index (κ3) is 2.41. The molecule has 2 heterocycles. The Morgan fingerprint density at radius 2 is 2.12 bits per heavy atom. The van der Waals surface area contributed by atoms with Crippen LogP contribution in [0.3, 0.4) is 0 Å². The zero-order chi connectivity index (χ0) is 11.7. The van der Waals surface area contributed by atoms with Gasteiger partial charge in [0.1, 0.15) is 0 Å². The van der Waals surface area contributed by atoms with Crippen LogP contribution in [0.1, 0.15) is 28.3 Å². The van der Waals surface area contributed by atoms with Crippen LogP contribution in [0.2, 0.25) is 8.67 Å². The van der Waals surface area contributed by atoms with E-state index in [0.717, 1.165) is 12.0 Å². The van der Waals surface area contributed by atoms with Crippen molar-refractivity contribution < 1.29 is 0 Å². The van der Waals surface area contributed by atoms with Crippen molar-refractivity contribution in [3.63, 3.8) is 0 Å². The average Bonchev–Trinajstić information content (AvgIpc) is 2.83. The molecule has 0 amide bonds. The lowest BCUT2D eigenvalue weighted by atomic mass is 10.1. The minimum atomic E-state index is -0.189. The van der Waals surface area contributed by atoms with Crippen LogP contribution in [0.15, 0.2) is 17.5 Å². The molecule has 0 nitrogen and oxygen atoms in total. The monoisotopic (exact) mass is 310 g/mol. The van der Waals surface area contributed by atoms with E-state index in [1.807, 2.05) is 6.07 Å². The number of alkyl halides is 1. The summed E-state index contributed by atoms with van der Waals surface area (Å²) >= 11 is 21.5. The van der Waals surface area contributed by atoms with Gasteiger partial charge >= 0.3 is 0 Å². The summed E-state index contributed by atoms with van der Waals surface area (Å²) in [6, 6.07) is 3.96. The van der Waals surface area contributed by atoms with Gasteiger partial charge in [0.05, 0.1) is 14.0 Å². The van der Waals surface area contributed by atoms with Gasteiger partial charge in [0, 0.05) is 10.4 Å². The minimum Gasteiger partial charge on any atom is -0.147 e. The summed E-state index contributed by atoms with van der Waals surface area (Å²) in [5.41, 5.74) is 2.19. The van der Waals surface area contributed by atoms with E-state index in [1.54, 1.807) is 11.3 Å². The minimum absolute atomic E-state index is 0.189. The van der Waals surface area contributed by atoms with Gasteiger partial charge in [-0.2, -0.15) is 0 Å². The zero-order valence-electron chi connectivity index (χ0n) is 8.47. The van der Waals surface area contributed by atoms with E-state index in [-0.39, 0.29) is 5.38 Å². The molecule has 0 aromatic carbocycles. The lowest BCUT2D eigenvalue weighted by molar-refractivity contribution is 1.08. The molecule has 0 aliphatic rings. The standard InChI is InChI=1S/C11H9Cl3S2/c1-2-6-3-4-15-10(6)9(13)7-5-8(12)16-11(7)14/h3-5,9H,2H2,1H3. The predicted octanol–water partition coefficient (Wildman–Crippen LogP) is 6.01. The molecule has 2 aromatic rings. The maximum absolute atomic E-state index is 6.45. The fourth-order valence-corrected chi connectivity index (χ4v) is 4.64. The molecule has 0 N–H and O–H groups in total. The molecule has 0 aliphatic carbocycles. The molecule has 86 valence electrons.